The van der Waals surface area contributed by atoms with Crippen molar-refractivity contribution in [1.29, 1.82) is 0 Å². The van der Waals surface area contributed by atoms with Crippen LogP contribution in [0.5, 0.6) is 0 Å². The van der Waals surface area contributed by atoms with Crippen LogP contribution >= 0.6 is 0 Å². The summed E-state index contributed by atoms with van der Waals surface area (Å²) in [5.74, 6) is 0. The maximum Gasteiger partial charge on any atom is -0.00134 e. The molecule has 44 heavy (non-hydrogen) atoms. The van der Waals surface area contributed by atoms with Gasteiger partial charge in [-0.15, -0.1) is 0 Å². The lowest BCUT2D eigenvalue weighted by Gasteiger charge is -2.21. The van der Waals surface area contributed by atoms with Gasteiger partial charge in [-0.1, -0.05) is 121 Å². The second-order valence-corrected chi connectivity index (χ2v) is 12.5. The zero-order valence-electron chi connectivity index (χ0n) is 23.9. The number of benzene rings is 9. The molecule has 0 saturated heterocycles. The standard InChI is InChI=1S/C44H24/c1-3-7-29-21-31(13-9-25(29)5-1)37-23-39-35-17-15-27-11-12-28-16-18-36(42(35)41(27)28)40-24-38(34-20-19-33(37)43(34)44(39)40)32-14-10-26-6-2-4-8-30(26)22-32/h1-24H. The molecular weight excluding hydrogens is 528 g/mol. The van der Waals surface area contributed by atoms with Gasteiger partial charge >= 0.3 is 0 Å². The van der Waals surface area contributed by atoms with E-state index in [4.69, 9.17) is 0 Å². The van der Waals surface area contributed by atoms with E-state index in [1.54, 1.807) is 0 Å². The van der Waals surface area contributed by atoms with Crippen molar-refractivity contribution in [3.8, 4) is 22.3 Å². The van der Waals surface area contributed by atoms with E-state index < -0.39 is 0 Å². The minimum Gasteiger partial charge on any atom is -0.0616 e. The molecule has 200 valence electrons. The number of fused-ring (bicyclic) bond motifs is 4. The first kappa shape index (κ1) is 22.8. The summed E-state index contributed by atoms with van der Waals surface area (Å²) < 4.78 is 0. The van der Waals surface area contributed by atoms with Crippen LogP contribution in [0.4, 0.5) is 0 Å². The molecular formula is C44H24. The average Bonchev–Trinajstić information content (AvgIpc) is 3.72. The van der Waals surface area contributed by atoms with Gasteiger partial charge in [0, 0.05) is 0 Å². The minimum atomic E-state index is 1.27. The van der Waals surface area contributed by atoms with Crippen molar-refractivity contribution >= 4 is 88.9 Å². The summed E-state index contributed by atoms with van der Waals surface area (Å²) >= 11 is 0. The molecule has 0 aromatic heterocycles. The van der Waals surface area contributed by atoms with Gasteiger partial charge < -0.3 is 0 Å². The van der Waals surface area contributed by atoms with Crippen molar-refractivity contribution in [3.05, 3.63) is 144 Å². The van der Waals surface area contributed by atoms with Crippen LogP contribution in [-0.2, 0) is 0 Å². The Hall–Kier alpha value is -5.72. The van der Waals surface area contributed by atoms with Crippen molar-refractivity contribution in [1.82, 2.24) is 0 Å². The molecule has 0 amide bonds. The molecule has 0 aliphatic heterocycles. The molecule has 0 heteroatoms. The van der Waals surface area contributed by atoms with Crippen LogP contribution in [0.15, 0.2) is 121 Å². The Morgan fingerprint density at radius 2 is 0.773 bits per heavy atom. The Morgan fingerprint density at radius 3 is 1.30 bits per heavy atom. The number of rotatable bonds is 2. The average molecular weight is 553 g/mol. The van der Waals surface area contributed by atoms with Crippen molar-refractivity contribution in [3.63, 3.8) is 0 Å². The van der Waals surface area contributed by atoms with E-state index in [1.807, 2.05) is 0 Å². The van der Waals surface area contributed by atoms with E-state index in [2.05, 4.69) is 146 Å². The minimum absolute atomic E-state index is 1.27. The fourth-order valence-electron chi connectivity index (χ4n) is 8.27. The van der Waals surface area contributed by atoms with Crippen molar-refractivity contribution in [2.75, 3.05) is 0 Å². The third kappa shape index (κ3) is 2.83. The van der Waals surface area contributed by atoms with E-state index in [-0.39, 0.29) is 0 Å². The Labute approximate surface area is 254 Å². The lowest BCUT2D eigenvalue weighted by molar-refractivity contribution is 1.66. The summed E-state index contributed by atoms with van der Waals surface area (Å²) in [6, 6.07) is 45.6. The van der Waals surface area contributed by atoms with Crippen molar-refractivity contribution < 1.29 is 0 Å². The largest absolute Gasteiger partial charge is 0.0616 e. The fraction of sp³-hybridized carbons (Fsp3) is 0. The fourth-order valence-corrected chi connectivity index (χ4v) is 8.27. The van der Waals surface area contributed by atoms with Crippen LogP contribution in [0.1, 0.15) is 22.3 Å². The Bertz CT molecular complexity index is 2620. The highest BCUT2D eigenvalue weighted by atomic mass is 14.3. The molecule has 2 aliphatic carbocycles. The van der Waals surface area contributed by atoms with Gasteiger partial charge in [-0.25, -0.2) is 0 Å². The zero-order chi connectivity index (χ0) is 28.5. The van der Waals surface area contributed by atoms with Gasteiger partial charge in [0.25, 0.3) is 0 Å². The lowest BCUT2D eigenvalue weighted by Crippen LogP contribution is -1.95. The SMILES string of the molecule is C1=Cc2ccc3c4cc(-c5ccc6ccccc6c5)c5c6c(c(-c7ccc8ccccc8c7)cc(c7ccc1c2c73)c64)C=C5. The topological polar surface area (TPSA) is 0 Å². The van der Waals surface area contributed by atoms with Gasteiger partial charge in [-0.3, -0.25) is 0 Å². The number of hydrogen-bond acceptors (Lipinski definition) is 0. The molecule has 9 aromatic carbocycles. The lowest BCUT2D eigenvalue weighted by atomic mass is 9.82. The van der Waals surface area contributed by atoms with Gasteiger partial charge in [0.2, 0.25) is 0 Å². The Kier molecular flexibility index (Phi) is 4.15. The second kappa shape index (κ2) is 8.01. The molecule has 2 aliphatic rings. The van der Waals surface area contributed by atoms with Gasteiger partial charge in [0.1, 0.15) is 0 Å². The molecule has 0 saturated carbocycles. The second-order valence-electron chi connectivity index (χ2n) is 12.5. The molecule has 0 radical (unpaired) electrons. The maximum atomic E-state index is 2.48. The van der Waals surface area contributed by atoms with E-state index in [0.717, 1.165) is 0 Å². The molecule has 0 fully saturated rings. The van der Waals surface area contributed by atoms with Crippen LogP contribution in [0.25, 0.3) is 111 Å². The molecule has 0 unspecified atom stereocenters. The smallest absolute Gasteiger partial charge is 0.00134 e. The Balaban J connectivity index is 1.34. The predicted octanol–water partition coefficient (Wildman–Crippen LogP) is 12.3. The molecule has 0 atom stereocenters. The summed E-state index contributed by atoms with van der Waals surface area (Å²) in [6.45, 7) is 0. The van der Waals surface area contributed by atoms with Gasteiger partial charge in [-0.2, -0.15) is 0 Å². The molecule has 0 spiro atoms. The van der Waals surface area contributed by atoms with Crippen LogP contribution in [0.3, 0.4) is 0 Å². The van der Waals surface area contributed by atoms with E-state index in [0.29, 0.717) is 0 Å². The molecule has 11 rings (SSSR count). The predicted molar refractivity (Wildman–Crippen MR) is 191 cm³/mol. The molecule has 0 bridgehead atoms. The molecule has 0 nitrogen and oxygen atoms in total. The first-order valence-electron chi connectivity index (χ1n) is 15.4. The third-order valence-corrected chi connectivity index (χ3v) is 10.3. The first-order chi connectivity index (χ1) is 21.8. The summed E-state index contributed by atoms with van der Waals surface area (Å²) in [6.07, 6.45) is 9.27. The highest BCUT2D eigenvalue weighted by Gasteiger charge is 2.25. The van der Waals surface area contributed by atoms with Crippen LogP contribution in [-0.4, -0.2) is 0 Å². The van der Waals surface area contributed by atoms with Crippen LogP contribution < -0.4 is 0 Å². The van der Waals surface area contributed by atoms with Crippen LogP contribution in [0.2, 0.25) is 0 Å². The summed E-state index contributed by atoms with van der Waals surface area (Å²) in [4.78, 5) is 0. The van der Waals surface area contributed by atoms with Crippen molar-refractivity contribution in [2.45, 2.75) is 0 Å². The third-order valence-electron chi connectivity index (χ3n) is 10.3. The summed E-state index contributed by atoms with van der Waals surface area (Å²) in [7, 11) is 0. The zero-order valence-corrected chi connectivity index (χ0v) is 23.9. The maximum absolute atomic E-state index is 2.48. The quantitative estimate of drug-likeness (QED) is 0.148. The van der Waals surface area contributed by atoms with Gasteiger partial charge in [-0.05, 0) is 133 Å². The van der Waals surface area contributed by atoms with E-state index in [9.17, 15) is 0 Å². The monoisotopic (exact) mass is 552 g/mol. The number of hydrogen-bond donors (Lipinski definition) is 0. The van der Waals surface area contributed by atoms with Crippen LogP contribution in [0, 0.1) is 0 Å². The highest BCUT2D eigenvalue weighted by molar-refractivity contribution is 6.38. The molecule has 9 aromatic rings. The highest BCUT2D eigenvalue weighted by Crippen LogP contribution is 2.52. The Morgan fingerprint density at radius 1 is 0.295 bits per heavy atom. The summed E-state index contributed by atoms with van der Waals surface area (Å²) in [5.41, 5.74) is 10.5. The summed E-state index contributed by atoms with van der Waals surface area (Å²) in [5, 5.41) is 16.0. The molecule has 0 N–H and O–H groups in total. The van der Waals surface area contributed by atoms with Gasteiger partial charge in [0.05, 0.1) is 0 Å². The normalized spacial score (nSPS) is 13.3. The van der Waals surface area contributed by atoms with E-state index in [1.165, 1.54) is 109 Å². The van der Waals surface area contributed by atoms with E-state index >= 15 is 0 Å². The molecule has 0 heterocycles. The first-order valence-corrected chi connectivity index (χ1v) is 15.4. The van der Waals surface area contributed by atoms with Crippen molar-refractivity contribution in [2.24, 2.45) is 0 Å². The van der Waals surface area contributed by atoms with Gasteiger partial charge in [0.15, 0.2) is 0 Å².